The number of benzene rings is 1. The quantitative estimate of drug-likeness (QED) is 0.647. The highest BCUT2D eigenvalue weighted by atomic mass is 16.4. The molecule has 3 amide bonds. The van der Waals surface area contributed by atoms with E-state index in [9.17, 15) is 14.4 Å². The number of carboxylic acid groups (broad SMARTS) is 1. The first-order valence-corrected chi connectivity index (χ1v) is 7.03. The summed E-state index contributed by atoms with van der Waals surface area (Å²) in [6.07, 6.45) is 1.18. The van der Waals surface area contributed by atoms with Crippen LogP contribution in [-0.4, -0.2) is 35.1 Å². The Morgan fingerprint density at radius 2 is 1.95 bits per heavy atom. The second-order valence-electron chi connectivity index (χ2n) is 5.65. The van der Waals surface area contributed by atoms with Crippen LogP contribution in [0.15, 0.2) is 24.3 Å². The maximum atomic E-state index is 11.7. The van der Waals surface area contributed by atoms with E-state index in [0.29, 0.717) is 25.9 Å². The van der Waals surface area contributed by atoms with Gasteiger partial charge in [0, 0.05) is 19.5 Å². The Morgan fingerprint density at radius 3 is 2.50 bits per heavy atom. The molecule has 0 radical (unpaired) electrons. The summed E-state index contributed by atoms with van der Waals surface area (Å²) in [4.78, 5) is 33.7. The van der Waals surface area contributed by atoms with E-state index >= 15 is 0 Å². The molecule has 22 heavy (non-hydrogen) atoms. The van der Waals surface area contributed by atoms with Crippen LogP contribution in [-0.2, 0) is 11.3 Å². The summed E-state index contributed by atoms with van der Waals surface area (Å²) in [5, 5.41) is 17.1. The summed E-state index contributed by atoms with van der Waals surface area (Å²) < 4.78 is 0. The lowest BCUT2D eigenvalue weighted by Crippen LogP contribution is -2.50. The second-order valence-corrected chi connectivity index (χ2v) is 5.65. The smallest absolute Gasteiger partial charge is 0.335 e. The number of carbonyl (C=O) groups excluding carboxylic acids is 2. The lowest BCUT2D eigenvalue weighted by molar-refractivity contribution is -0.119. The molecule has 7 heteroatoms. The molecule has 1 heterocycles. The Bertz CT molecular complexity index is 585. The summed E-state index contributed by atoms with van der Waals surface area (Å²) in [5.74, 6) is -0.979. The fraction of sp³-hybridized carbons (Fsp3) is 0.400. The van der Waals surface area contributed by atoms with Crippen molar-refractivity contribution in [3.05, 3.63) is 35.4 Å². The molecule has 0 aromatic heterocycles. The van der Waals surface area contributed by atoms with E-state index < -0.39 is 11.5 Å². The minimum atomic E-state index is -0.982. The number of hydrogen-bond acceptors (Lipinski definition) is 3. The van der Waals surface area contributed by atoms with Gasteiger partial charge in [0.2, 0.25) is 5.91 Å². The molecule has 1 aliphatic heterocycles. The SMILES string of the molecule is CC1(CNC(=O)NCc2ccc(C(=O)O)cc2)CCC(=O)N1. The van der Waals surface area contributed by atoms with Crippen LogP contribution in [0.2, 0.25) is 0 Å². The van der Waals surface area contributed by atoms with Gasteiger partial charge in [-0.05, 0) is 31.0 Å². The predicted octanol–water partition coefficient (Wildman–Crippen LogP) is 0.853. The topological polar surface area (TPSA) is 108 Å². The molecule has 1 saturated heterocycles. The van der Waals surface area contributed by atoms with Crippen LogP contribution in [0, 0.1) is 0 Å². The summed E-state index contributed by atoms with van der Waals surface area (Å²) in [5.41, 5.74) is 0.621. The number of hydrogen-bond donors (Lipinski definition) is 4. The van der Waals surface area contributed by atoms with E-state index in [-0.39, 0.29) is 17.5 Å². The maximum Gasteiger partial charge on any atom is 0.335 e. The van der Waals surface area contributed by atoms with Crippen LogP contribution in [0.3, 0.4) is 0 Å². The molecule has 4 N–H and O–H groups in total. The van der Waals surface area contributed by atoms with Crippen molar-refractivity contribution in [1.82, 2.24) is 16.0 Å². The third-order valence-electron chi connectivity index (χ3n) is 3.64. The zero-order valence-electron chi connectivity index (χ0n) is 12.3. The molecule has 0 saturated carbocycles. The number of carbonyl (C=O) groups is 3. The van der Waals surface area contributed by atoms with Gasteiger partial charge in [-0.3, -0.25) is 4.79 Å². The van der Waals surface area contributed by atoms with Crippen molar-refractivity contribution in [1.29, 1.82) is 0 Å². The Balaban J connectivity index is 1.75. The number of urea groups is 1. The van der Waals surface area contributed by atoms with Crippen LogP contribution < -0.4 is 16.0 Å². The van der Waals surface area contributed by atoms with Crippen molar-refractivity contribution < 1.29 is 19.5 Å². The van der Waals surface area contributed by atoms with Gasteiger partial charge in [-0.1, -0.05) is 12.1 Å². The van der Waals surface area contributed by atoms with Gasteiger partial charge < -0.3 is 21.1 Å². The molecule has 0 aliphatic carbocycles. The lowest BCUT2D eigenvalue weighted by atomic mass is 10.0. The Morgan fingerprint density at radius 1 is 1.27 bits per heavy atom. The lowest BCUT2D eigenvalue weighted by Gasteiger charge is -2.24. The molecule has 0 bridgehead atoms. The van der Waals surface area contributed by atoms with E-state index in [0.717, 1.165) is 5.56 Å². The van der Waals surface area contributed by atoms with E-state index in [1.165, 1.54) is 12.1 Å². The van der Waals surface area contributed by atoms with Crippen LogP contribution in [0.4, 0.5) is 4.79 Å². The summed E-state index contributed by atoms with van der Waals surface area (Å²) >= 11 is 0. The van der Waals surface area contributed by atoms with Crippen molar-refractivity contribution in [2.24, 2.45) is 0 Å². The van der Waals surface area contributed by atoms with E-state index in [4.69, 9.17) is 5.11 Å². The normalized spacial score (nSPS) is 20.3. The van der Waals surface area contributed by atoms with Crippen molar-refractivity contribution in [3.63, 3.8) is 0 Å². The van der Waals surface area contributed by atoms with Gasteiger partial charge >= 0.3 is 12.0 Å². The molecule has 1 aromatic carbocycles. The van der Waals surface area contributed by atoms with Gasteiger partial charge in [-0.25, -0.2) is 9.59 Å². The molecule has 1 aliphatic rings. The van der Waals surface area contributed by atoms with E-state index in [1.54, 1.807) is 12.1 Å². The second kappa shape index (κ2) is 6.46. The molecular weight excluding hydrogens is 286 g/mol. The van der Waals surface area contributed by atoms with Crippen molar-refractivity contribution in [3.8, 4) is 0 Å². The molecule has 2 rings (SSSR count). The molecule has 7 nitrogen and oxygen atoms in total. The van der Waals surface area contributed by atoms with Gasteiger partial charge in [-0.15, -0.1) is 0 Å². The molecule has 0 spiro atoms. The Labute approximate surface area is 128 Å². The standard InChI is InChI=1S/C15H19N3O4/c1-15(7-6-12(19)18-15)9-17-14(22)16-8-10-2-4-11(5-3-10)13(20)21/h2-5H,6-9H2,1H3,(H,18,19)(H,20,21)(H2,16,17,22). The summed E-state index contributed by atoms with van der Waals surface area (Å²) in [6, 6.07) is 5.97. The van der Waals surface area contributed by atoms with Crippen molar-refractivity contribution in [2.45, 2.75) is 31.8 Å². The first-order chi connectivity index (χ1) is 10.4. The molecule has 1 fully saturated rings. The van der Waals surface area contributed by atoms with E-state index in [1.807, 2.05) is 6.92 Å². The van der Waals surface area contributed by atoms with Gasteiger partial charge in [-0.2, -0.15) is 0 Å². The Hall–Kier alpha value is -2.57. The molecule has 118 valence electrons. The zero-order valence-corrected chi connectivity index (χ0v) is 12.3. The molecular formula is C15H19N3O4. The summed E-state index contributed by atoms with van der Waals surface area (Å²) in [7, 11) is 0. The molecule has 1 atom stereocenters. The zero-order chi connectivity index (χ0) is 16.2. The third-order valence-corrected chi connectivity index (χ3v) is 3.64. The van der Waals surface area contributed by atoms with Crippen LogP contribution >= 0.6 is 0 Å². The number of carboxylic acids is 1. The Kier molecular flexibility index (Phi) is 4.65. The van der Waals surface area contributed by atoms with Crippen LogP contribution in [0.25, 0.3) is 0 Å². The molecule has 1 unspecified atom stereocenters. The largest absolute Gasteiger partial charge is 0.478 e. The first kappa shape index (κ1) is 15.8. The maximum absolute atomic E-state index is 11.7. The summed E-state index contributed by atoms with van der Waals surface area (Å²) in [6.45, 7) is 2.56. The number of nitrogens with one attached hydrogen (secondary N) is 3. The van der Waals surface area contributed by atoms with Gasteiger partial charge in [0.25, 0.3) is 0 Å². The number of amides is 3. The van der Waals surface area contributed by atoms with Crippen molar-refractivity contribution in [2.75, 3.05) is 6.54 Å². The van der Waals surface area contributed by atoms with Crippen molar-refractivity contribution >= 4 is 17.9 Å². The highest BCUT2D eigenvalue weighted by Crippen LogP contribution is 2.18. The fourth-order valence-corrected chi connectivity index (χ4v) is 2.27. The first-order valence-electron chi connectivity index (χ1n) is 7.03. The minimum absolute atomic E-state index is 0.00299. The predicted molar refractivity (Wildman–Crippen MR) is 79.4 cm³/mol. The third kappa shape index (κ3) is 4.21. The van der Waals surface area contributed by atoms with Gasteiger partial charge in [0.05, 0.1) is 11.1 Å². The van der Waals surface area contributed by atoms with E-state index in [2.05, 4.69) is 16.0 Å². The number of aromatic carboxylic acids is 1. The van der Waals surface area contributed by atoms with Crippen LogP contribution in [0.1, 0.15) is 35.7 Å². The average molecular weight is 305 g/mol. The molecule has 1 aromatic rings. The monoisotopic (exact) mass is 305 g/mol. The van der Waals surface area contributed by atoms with Gasteiger partial charge in [0.15, 0.2) is 0 Å². The van der Waals surface area contributed by atoms with Gasteiger partial charge in [0.1, 0.15) is 0 Å². The minimum Gasteiger partial charge on any atom is -0.478 e. The highest BCUT2D eigenvalue weighted by molar-refractivity contribution is 5.87. The number of rotatable bonds is 5. The highest BCUT2D eigenvalue weighted by Gasteiger charge is 2.33. The fourth-order valence-electron chi connectivity index (χ4n) is 2.27. The van der Waals surface area contributed by atoms with Crippen LogP contribution in [0.5, 0.6) is 0 Å². The average Bonchev–Trinajstić information content (AvgIpc) is 2.83.